The molecule has 0 N–H and O–H groups in total. The van der Waals surface area contributed by atoms with Crippen molar-refractivity contribution < 1.29 is 13.2 Å². The van der Waals surface area contributed by atoms with E-state index in [1.807, 2.05) is 17.4 Å². The van der Waals surface area contributed by atoms with Crippen LogP contribution in [-0.4, -0.2) is 34.4 Å². The number of fused-ring (bicyclic) bond motifs is 1. The standard InChI is InChI=1S/C25H33N3O3S/c1-24(4-5-24)32(29,30)14-23-27-26-22-9-21(20(13-28(22)23)19-2-3-19)31-15-25-10-16-6-17(11-25)8-18(7-16)12-25/h9,13,16-19H,2-8,10-12,14-15H2,1H3. The molecule has 0 atom stereocenters. The molecule has 0 radical (unpaired) electrons. The lowest BCUT2D eigenvalue weighted by atomic mass is 9.50. The second-order valence-electron chi connectivity index (χ2n) is 12.1. The fourth-order valence-corrected chi connectivity index (χ4v) is 9.04. The van der Waals surface area contributed by atoms with Gasteiger partial charge in [-0.1, -0.05) is 0 Å². The molecule has 7 heteroatoms. The quantitative estimate of drug-likeness (QED) is 0.607. The molecule has 6 aliphatic carbocycles. The minimum Gasteiger partial charge on any atom is -0.493 e. The molecule has 0 spiro atoms. The molecule has 2 aromatic rings. The Morgan fingerprint density at radius 2 is 1.72 bits per heavy atom. The van der Waals surface area contributed by atoms with Crippen molar-refractivity contribution >= 4 is 15.5 Å². The average molecular weight is 456 g/mol. The van der Waals surface area contributed by atoms with Gasteiger partial charge in [-0.2, -0.15) is 0 Å². The van der Waals surface area contributed by atoms with E-state index < -0.39 is 14.6 Å². The molecule has 0 aliphatic heterocycles. The Hall–Kier alpha value is -1.63. The van der Waals surface area contributed by atoms with E-state index in [0.717, 1.165) is 43.0 Å². The lowest BCUT2D eigenvalue weighted by molar-refractivity contribution is -0.0746. The van der Waals surface area contributed by atoms with Gasteiger partial charge in [-0.3, -0.25) is 4.40 Å². The van der Waals surface area contributed by atoms with Crippen molar-refractivity contribution in [1.82, 2.24) is 14.6 Å². The highest BCUT2D eigenvalue weighted by molar-refractivity contribution is 7.92. The predicted molar refractivity (Wildman–Crippen MR) is 121 cm³/mol. The zero-order chi connectivity index (χ0) is 21.7. The third kappa shape index (κ3) is 3.13. The van der Waals surface area contributed by atoms with Crippen molar-refractivity contribution in [3.05, 3.63) is 23.7 Å². The minimum atomic E-state index is -3.22. The summed E-state index contributed by atoms with van der Waals surface area (Å²) < 4.78 is 33.6. The molecule has 0 saturated heterocycles. The average Bonchev–Trinajstić information content (AvgIpc) is 3.66. The molecule has 2 aromatic heterocycles. The summed E-state index contributed by atoms with van der Waals surface area (Å²) >= 11 is 0. The Bertz CT molecular complexity index is 1160. The SMILES string of the molecule is CC1(S(=O)(=O)Cc2nnc3cc(OCC45CC6CC(CC(C6)C4)C5)c(C4CC4)cn23)CC1. The molecular formula is C25H33N3O3S. The monoisotopic (exact) mass is 455 g/mol. The largest absolute Gasteiger partial charge is 0.493 e. The summed E-state index contributed by atoms with van der Waals surface area (Å²) in [7, 11) is -3.22. The van der Waals surface area contributed by atoms with Crippen LogP contribution in [0.25, 0.3) is 5.65 Å². The Labute approximate surface area is 190 Å². The van der Waals surface area contributed by atoms with Crippen molar-refractivity contribution in [3.63, 3.8) is 0 Å². The lowest BCUT2D eigenvalue weighted by Gasteiger charge is -2.56. The summed E-state index contributed by atoms with van der Waals surface area (Å²) in [6.07, 6.45) is 14.3. The van der Waals surface area contributed by atoms with Crippen LogP contribution < -0.4 is 4.74 Å². The summed E-state index contributed by atoms with van der Waals surface area (Å²) in [5.74, 6) is 4.72. The van der Waals surface area contributed by atoms with Gasteiger partial charge >= 0.3 is 0 Å². The molecule has 6 fully saturated rings. The van der Waals surface area contributed by atoms with Crippen molar-refractivity contribution in [2.45, 2.75) is 87.5 Å². The summed E-state index contributed by atoms with van der Waals surface area (Å²) in [4.78, 5) is 0. The number of nitrogens with zero attached hydrogens (tertiary/aromatic N) is 3. The van der Waals surface area contributed by atoms with Crippen LogP contribution in [0.15, 0.2) is 12.3 Å². The van der Waals surface area contributed by atoms with E-state index in [1.165, 1.54) is 56.9 Å². The highest BCUT2D eigenvalue weighted by Gasteiger charge is 2.52. The van der Waals surface area contributed by atoms with Crippen molar-refractivity contribution in [3.8, 4) is 5.75 Å². The maximum Gasteiger partial charge on any atom is 0.164 e. The molecule has 6 nitrogen and oxygen atoms in total. The van der Waals surface area contributed by atoms with Crippen molar-refractivity contribution in [2.75, 3.05) is 6.61 Å². The van der Waals surface area contributed by atoms with Gasteiger partial charge in [0.25, 0.3) is 0 Å². The van der Waals surface area contributed by atoms with Crippen LogP contribution in [0.2, 0.25) is 0 Å². The molecule has 32 heavy (non-hydrogen) atoms. The van der Waals surface area contributed by atoms with Crippen molar-refractivity contribution in [1.29, 1.82) is 0 Å². The first-order valence-corrected chi connectivity index (χ1v) is 14.2. The topological polar surface area (TPSA) is 73.6 Å². The predicted octanol–water partition coefficient (Wildman–Crippen LogP) is 4.67. The highest BCUT2D eigenvalue weighted by Crippen LogP contribution is 2.60. The molecule has 6 saturated carbocycles. The normalized spacial score (nSPS) is 34.8. The van der Waals surface area contributed by atoms with E-state index in [-0.39, 0.29) is 5.75 Å². The highest BCUT2D eigenvalue weighted by atomic mass is 32.2. The first-order valence-electron chi connectivity index (χ1n) is 12.5. The molecule has 8 rings (SSSR count). The van der Waals surface area contributed by atoms with E-state index in [0.29, 0.717) is 22.8 Å². The van der Waals surface area contributed by atoms with Crippen LogP contribution in [0, 0.1) is 23.2 Å². The van der Waals surface area contributed by atoms with Gasteiger partial charge in [0.1, 0.15) is 11.5 Å². The zero-order valence-electron chi connectivity index (χ0n) is 18.9. The minimum absolute atomic E-state index is 0.0394. The number of ether oxygens (including phenoxy) is 1. The van der Waals surface area contributed by atoms with E-state index in [4.69, 9.17) is 4.74 Å². The summed E-state index contributed by atoms with van der Waals surface area (Å²) in [5, 5.41) is 8.61. The molecule has 0 amide bonds. The fraction of sp³-hybridized carbons (Fsp3) is 0.760. The molecule has 172 valence electrons. The number of aromatic nitrogens is 3. The molecule has 4 bridgehead atoms. The molecule has 0 aromatic carbocycles. The maximum atomic E-state index is 12.8. The first-order chi connectivity index (χ1) is 15.3. The van der Waals surface area contributed by atoms with Gasteiger partial charge in [0.05, 0.1) is 11.4 Å². The van der Waals surface area contributed by atoms with Gasteiger partial charge in [0, 0.05) is 23.2 Å². The number of rotatable bonds is 7. The fourth-order valence-electron chi connectivity index (χ4n) is 7.43. The van der Waals surface area contributed by atoms with Gasteiger partial charge in [-0.25, -0.2) is 8.42 Å². The second-order valence-corrected chi connectivity index (χ2v) is 14.6. The van der Waals surface area contributed by atoms with E-state index in [1.54, 1.807) is 0 Å². The van der Waals surface area contributed by atoms with Gasteiger partial charge in [-0.15, -0.1) is 10.2 Å². The van der Waals surface area contributed by atoms with Gasteiger partial charge in [-0.05, 0) is 94.8 Å². The van der Waals surface area contributed by atoms with Crippen molar-refractivity contribution in [2.24, 2.45) is 23.2 Å². The number of pyridine rings is 1. The summed E-state index contributed by atoms with van der Waals surface area (Å²) in [6.45, 7) is 2.66. The maximum absolute atomic E-state index is 12.8. The number of hydrogen-bond donors (Lipinski definition) is 0. The van der Waals surface area contributed by atoms with Crippen LogP contribution in [0.5, 0.6) is 5.75 Å². The molecule has 6 aliphatic rings. The second kappa shape index (κ2) is 6.49. The Balaban J connectivity index is 1.18. The van der Waals surface area contributed by atoms with Crippen LogP contribution in [0.4, 0.5) is 0 Å². The Kier molecular flexibility index (Phi) is 4.01. The van der Waals surface area contributed by atoms with Crippen LogP contribution >= 0.6 is 0 Å². The molecule has 2 heterocycles. The number of sulfone groups is 1. The summed E-state index contributed by atoms with van der Waals surface area (Å²) in [6, 6.07) is 2.01. The third-order valence-corrected chi connectivity index (χ3v) is 11.9. The smallest absolute Gasteiger partial charge is 0.164 e. The Morgan fingerprint density at radius 1 is 1.06 bits per heavy atom. The van der Waals surface area contributed by atoms with Gasteiger partial charge < -0.3 is 4.74 Å². The zero-order valence-corrected chi connectivity index (χ0v) is 19.7. The van der Waals surface area contributed by atoms with E-state index >= 15 is 0 Å². The summed E-state index contributed by atoms with van der Waals surface area (Å²) in [5.41, 5.74) is 2.27. The van der Waals surface area contributed by atoms with Gasteiger partial charge in [0.15, 0.2) is 21.3 Å². The molecule has 0 unspecified atom stereocenters. The van der Waals surface area contributed by atoms with Crippen LogP contribution in [0.3, 0.4) is 0 Å². The van der Waals surface area contributed by atoms with E-state index in [2.05, 4.69) is 16.4 Å². The number of hydrogen-bond acceptors (Lipinski definition) is 5. The lowest BCUT2D eigenvalue weighted by Crippen LogP contribution is -2.48. The van der Waals surface area contributed by atoms with Crippen LogP contribution in [0.1, 0.15) is 88.4 Å². The molecular weight excluding hydrogens is 422 g/mol. The van der Waals surface area contributed by atoms with Crippen LogP contribution in [-0.2, 0) is 15.6 Å². The van der Waals surface area contributed by atoms with E-state index in [9.17, 15) is 8.42 Å². The third-order valence-electron chi connectivity index (χ3n) is 9.35. The van der Waals surface area contributed by atoms with Gasteiger partial charge in [0.2, 0.25) is 0 Å². The first kappa shape index (κ1) is 19.8. The Morgan fingerprint density at radius 3 is 2.31 bits per heavy atom.